The molecule has 0 bridgehead atoms. The molecule has 1 atom stereocenters. The third-order valence-electron chi connectivity index (χ3n) is 6.24. The van der Waals surface area contributed by atoms with Gasteiger partial charge in [0.05, 0.1) is 0 Å². The normalized spacial score (nSPS) is 21.9. The van der Waals surface area contributed by atoms with Crippen molar-refractivity contribution in [3.05, 3.63) is 29.8 Å². The molecule has 27 heavy (non-hydrogen) atoms. The number of aldehydes is 1. The number of likely N-dealkylation sites (N-methyl/N-ethyl adjacent to an activating group) is 1. The largest absolute Gasteiger partial charge is 0.369 e. The van der Waals surface area contributed by atoms with E-state index in [1.54, 1.807) is 0 Å². The molecule has 0 radical (unpaired) electrons. The highest BCUT2D eigenvalue weighted by Gasteiger charge is 2.22. The number of carbonyl (C=O) groups is 1. The molecule has 2 fully saturated rings. The molecule has 150 valence electrons. The van der Waals surface area contributed by atoms with Crippen molar-refractivity contribution in [3.63, 3.8) is 0 Å². The van der Waals surface area contributed by atoms with Crippen LogP contribution in [0.1, 0.15) is 31.2 Å². The lowest BCUT2D eigenvalue weighted by Gasteiger charge is -2.36. The van der Waals surface area contributed by atoms with Crippen LogP contribution in [0.4, 0.5) is 5.69 Å². The number of hydrogen-bond donors (Lipinski definition) is 0. The van der Waals surface area contributed by atoms with Crippen molar-refractivity contribution in [3.8, 4) is 0 Å². The van der Waals surface area contributed by atoms with Gasteiger partial charge in [0.1, 0.15) is 6.29 Å². The maximum absolute atomic E-state index is 11.0. The van der Waals surface area contributed by atoms with Gasteiger partial charge in [0.2, 0.25) is 0 Å². The quantitative estimate of drug-likeness (QED) is 0.621. The lowest BCUT2D eigenvalue weighted by atomic mass is 10.1. The first kappa shape index (κ1) is 20.3. The van der Waals surface area contributed by atoms with E-state index in [2.05, 4.69) is 58.0 Å². The summed E-state index contributed by atoms with van der Waals surface area (Å²) >= 11 is 0. The first-order valence-electron chi connectivity index (χ1n) is 10.5. The second-order valence-corrected chi connectivity index (χ2v) is 8.22. The Morgan fingerprint density at radius 2 is 1.85 bits per heavy atom. The first-order chi connectivity index (χ1) is 13.2. The number of piperazine rings is 1. The summed E-state index contributed by atoms with van der Waals surface area (Å²) in [6.45, 7) is 8.52. The molecule has 2 aliphatic rings. The predicted octanol–water partition coefficient (Wildman–Crippen LogP) is 2.31. The van der Waals surface area contributed by atoms with Gasteiger partial charge < -0.3 is 19.5 Å². The van der Waals surface area contributed by atoms with Crippen LogP contribution in [0.5, 0.6) is 0 Å². The number of nitrogens with zero attached hydrogens (tertiary/aromatic N) is 4. The van der Waals surface area contributed by atoms with Gasteiger partial charge in [-0.25, -0.2) is 0 Å². The van der Waals surface area contributed by atoms with E-state index in [4.69, 9.17) is 0 Å². The molecule has 5 heteroatoms. The van der Waals surface area contributed by atoms with Crippen LogP contribution in [-0.2, 0) is 11.3 Å². The SMILES string of the molecule is CN1CCN(c2ccccc2CN(CCC=O)CCC2CCCN2C)CC1. The van der Waals surface area contributed by atoms with Crippen LogP contribution in [0.2, 0.25) is 0 Å². The molecule has 2 heterocycles. The molecular formula is C22H36N4O. The molecule has 5 nitrogen and oxygen atoms in total. The Morgan fingerprint density at radius 3 is 2.56 bits per heavy atom. The third-order valence-corrected chi connectivity index (χ3v) is 6.24. The molecule has 0 N–H and O–H groups in total. The van der Waals surface area contributed by atoms with Crippen molar-refractivity contribution in [2.75, 3.05) is 64.8 Å². The summed E-state index contributed by atoms with van der Waals surface area (Å²) in [4.78, 5) is 20.9. The smallest absolute Gasteiger partial charge is 0.121 e. The molecule has 1 unspecified atom stereocenters. The molecule has 1 aromatic carbocycles. The molecule has 0 aromatic heterocycles. The topological polar surface area (TPSA) is 30.0 Å². The van der Waals surface area contributed by atoms with Gasteiger partial charge in [-0.3, -0.25) is 4.90 Å². The van der Waals surface area contributed by atoms with Gasteiger partial charge in [-0.15, -0.1) is 0 Å². The Kier molecular flexibility index (Phi) is 7.68. The van der Waals surface area contributed by atoms with Gasteiger partial charge in [-0.1, -0.05) is 18.2 Å². The first-order valence-corrected chi connectivity index (χ1v) is 10.5. The maximum atomic E-state index is 11.0. The van der Waals surface area contributed by atoms with Gasteiger partial charge in [0.15, 0.2) is 0 Å². The van der Waals surface area contributed by atoms with Crippen LogP contribution in [0.25, 0.3) is 0 Å². The van der Waals surface area contributed by atoms with Crippen molar-refractivity contribution in [2.45, 2.75) is 38.3 Å². The number of para-hydroxylation sites is 1. The number of rotatable bonds is 9. The van der Waals surface area contributed by atoms with E-state index in [0.717, 1.165) is 52.1 Å². The minimum absolute atomic E-state index is 0.622. The lowest BCUT2D eigenvalue weighted by Crippen LogP contribution is -2.45. The van der Waals surface area contributed by atoms with Crippen LogP contribution in [0.3, 0.4) is 0 Å². The molecule has 1 aromatic rings. The number of anilines is 1. The highest BCUT2D eigenvalue weighted by atomic mass is 16.1. The van der Waals surface area contributed by atoms with Gasteiger partial charge in [-0.2, -0.15) is 0 Å². The van der Waals surface area contributed by atoms with E-state index in [9.17, 15) is 4.79 Å². The predicted molar refractivity (Wildman–Crippen MR) is 112 cm³/mol. The van der Waals surface area contributed by atoms with E-state index in [1.807, 2.05) is 0 Å². The van der Waals surface area contributed by atoms with Gasteiger partial charge in [0.25, 0.3) is 0 Å². The Balaban J connectivity index is 1.64. The maximum Gasteiger partial charge on any atom is 0.121 e. The minimum Gasteiger partial charge on any atom is -0.369 e. The van der Waals surface area contributed by atoms with Crippen LogP contribution >= 0.6 is 0 Å². The number of benzene rings is 1. The molecule has 0 amide bonds. The number of carbonyl (C=O) groups excluding carboxylic acids is 1. The van der Waals surface area contributed by atoms with E-state index in [-0.39, 0.29) is 0 Å². The molecule has 0 saturated carbocycles. The average Bonchev–Trinajstić information content (AvgIpc) is 3.10. The summed E-state index contributed by atoms with van der Waals surface area (Å²) in [7, 11) is 4.44. The fraction of sp³-hybridized carbons (Fsp3) is 0.682. The number of hydrogen-bond acceptors (Lipinski definition) is 5. The zero-order valence-corrected chi connectivity index (χ0v) is 17.1. The minimum atomic E-state index is 0.622. The summed E-state index contributed by atoms with van der Waals surface area (Å²) in [6, 6.07) is 9.54. The van der Waals surface area contributed by atoms with Crippen molar-refractivity contribution in [1.29, 1.82) is 0 Å². The summed E-state index contributed by atoms with van der Waals surface area (Å²) in [5.74, 6) is 0. The Hall–Kier alpha value is -1.43. The second-order valence-electron chi connectivity index (χ2n) is 8.22. The molecule has 3 rings (SSSR count). The van der Waals surface area contributed by atoms with Gasteiger partial charge >= 0.3 is 0 Å². The monoisotopic (exact) mass is 372 g/mol. The summed E-state index contributed by atoms with van der Waals surface area (Å²) in [5.41, 5.74) is 2.77. The summed E-state index contributed by atoms with van der Waals surface area (Å²) in [6.07, 6.45) is 5.52. The molecule has 2 saturated heterocycles. The Labute approximate surface area is 164 Å². The molecular weight excluding hydrogens is 336 g/mol. The summed E-state index contributed by atoms with van der Waals surface area (Å²) in [5, 5.41) is 0. The molecule has 2 aliphatic heterocycles. The standard InChI is InChI=1S/C22H36N4O/c1-23-14-16-26(17-15-23)22-9-4-3-7-20(22)19-25(12-6-18-27)13-10-21-8-5-11-24(21)2/h3-4,7,9,18,21H,5-6,8,10-17,19H2,1-2H3. The van der Waals surface area contributed by atoms with Crippen molar-refractivity contribution < 1.29 is 4.79 Å². The van der Waals surface area contributed by atoms with Crippen LogP contribution in [0, 0.1) is 0 Å². The van der Waals surface area contributed by atoms with E-state index in [1.165, 1.54) is 37.1 Å². The Bertz CT molecular complexity index is 585. The summed E-state index contributed by atoms with van der Waals surface area (Å²) < 4.78 is 0. The van der Waals surface area contributed by atoms with Crippen LogP contribution in [-0.4, -0.2) is 86.9 Å². The Morgan fingerprint density at radius 1 is 1.07 bits per heavy atom. The third kappa shape index (κ3) is 5.77. The zero-order chi connectivity index (χ0) is 19.1. The van der Waals surface area contributed by atoms with E-state index in [0.29, 0.717) is 12.5 Å². The second kappa shape index (κ2) is 10.2. The van der Waals surface area contributed by atoms with E-state index < -0.39 is 0 Å². The van der Waals surface area contributed by atoms with E-state index >= 15 is 0 Å². The van der Waals surface area contributed by atoms with Crippen molar-refractivity contribution in [2.24, 2.45) is 0 Å². The van der Waals surface area contributed by atoms with Crippen LogP contribution < -0.4 is 4.90 Å². The molecule has 0 aliphatic carbocycles. The fourth-order valence-corrected chi connectivity index (χ4v) is 4.42. The molecule has 0 spiro atoms. The van der Waals surface area contributed by atoms with Gasteiger partial charge in [0, 0.05) is 57.4 Å². The number of likely N-dealkylation sites (tertiary alicyclic amines) is 1. The van der Waals surface area contributed by atoms with Crippen LogP contribution in [0.15, 0.2) is 24.3 Å². The fourth-order valence-electron chi connectivity index (χ4n) is 4.42. The van der Waals surface area contributed by atoms with Crippen molar-refractivity contribution in [1.82, 2.24) is 14.7 Å². The highest BCUT2D eigenvalue weighted by Crippen LogP contribution is 2.24. The highest BCUT2D eigenvalue weighted by molar-refractivity contribution is 5.54. The van der Waals surface area contributed by atoms with Gasteiger partial charge in [-0.05, 0) is 58.1 Å². The average molecular weight is 373 g/mol. The van der Waals surface area contributed by atoms with Crippen molar-refractivity contribution >= 4 is 12.0 Å². The lowest BCUT2D eigenvalue weighted by molar-refractivity contribution is -0.108. The zero-order valence-electron chi connectivity index (χ0n) is 17.1.